The topological polar surface area (TPSA) is 29.3 Å². The lowest BCUT2D eigenvalue weighted by molar-refractivity contribution is 0.0882. The van der Waals surface area contributed by atoms with Gasteiger partial charge in [0.25, 0.3) is 0 Å². The van der Waals surface area contributed by atoms with Gasteiger partial charge in [-0.15, -0.1) is 0 Å². The van der Waals surface area contributed by atoms with E-state index in [0.717, 1.165) is 25.9 Å². The monoisotopic (exact) mass is 186 g/mol. The maximum Gasteiger partial charge on any atom is 0.0684 e. The standard InChI is InChI=1S/C11H26N2/c1-5-9-10-11(12,6-2)13(7-3)8-4/h5-10,12H2,1-4H3. The van der Waals surface area contributed by atoms with Crippen molar-refractivity contribution in [2.75, 3.05) is 13.1 Å². The molecule has 0 amide bonds. The zero-order chi connectivity index (χ0) is 10.3. The summed E-state index contributed by atoms with van der Waals surface area (Å²) in [4.78, 5) is 2.38. The second-order valence-electron chi connectivity index (χ2n) is 3.73. The molecule has 0 fully saturated rings. The summed E-state index contributed by atoms with van der Waals surface area (Å²) < 4.78 is 0. The molecule has 2 nitrogen and oxygen atoms in total. The van der Waals surface area contributed by atoms with Crippen LogP contribution in [0.5, 0.6) is 0 Å². The van der Waals surface area contributed by atoms with E-state index in [1.54, 1.807) is 0 Å². The van der Waals surface area contributed by atoms with Crippen molar-refractivity contribution in [2.45, 2.75) is 59.0 Å². The molecule has 0 bridgehead atoms. The van der Waals surface area contributed by atoms with Gasteiger partial charge in [-0.25, -0.2) is 0 Å². The van der Waals surface area contributed by atoms with Crippen molar-refractivity contribution in [1.29, 1.82) is 0 Å². The van der Waals surface area contributed by atoms with Gasteiger partial charge in [-0.1, -0.05) is 40.5 Å². The van der Waals surface area contributed by atoms with Crippen LogP contribution >= 0.6 is 0 Å². The molecular formula is C11H26N2. The highest BCUT2D eigenvalue weighted by molar-refractivity contribution is 4.81. The second-order valence-corrected chi connectivity index (χ2v) is 3.73. The Morgan fingerprint density at radius 3 is 1.92 bits per heavy atom. The molecule has 0 saturated heterocycles. The number of nitrogens with two attached hydrogens (primary N) is 1. The van der Waals surface area contributed by atoms with E-state index in [2.05, 4.69) is 32.6 Å². The predicted molar refractivity (Wildman–Crippen MR) is 59.7 cm³/mol. The van der Waals surface area contributed by atoms with Gasteiger partial charge in [0.15, 0.2) is 0 Å². The third kappa shape index (κ3) is 3.65. The Labute approximate surface area is 83.5 Å². The summed E-state index contributed by atoms with van der Waals surface area (Å²) in [5.74, 6) is 0. The largest absolute Gasteiger partial charge is 0.313 e. The molecule has 0 radical (unpaired) electrons. The first-order valence-corrected chi connectivity index (χ1v) is 5.68. The number of unbranched alkanes of at least 4 members (excludes halogenated alkanes) is 1. The Kier molecular flexibility index (Phi) is 6.35. The molecule has 0 aliphatic heterocycles. The number of rotatable bonds is 7. The van der Waals surface area contributed by atoms with Crippen LogP contribution in [0.4, 0.5) is 0 Å². The molecule has 2 heteroatoms. The average molecular weight is 186 g/mol. The van der Waals surface area contributed by atoms with Gasteiger partial charge in [-0.3, -0.25) is 4.90 Å². The predicted octanol–water partition coefficient (Wildman–Crippen LogP) is 2.58. The first-order chi connectivity index (χ1) is 6.14. The minimum Gasteiger partial charge on any atom is -0.313 e. The van der Waals surface area contributed by atoms with Crippen molar-refractivity contribution in [3.63, 3.8) is 0 Å². The van der Waals surface area contributed by atoms with Crippen LogP contribution in [-0.4, -0.2) is 23.7 Å². The molecule has 0 aromatic carbocycles. The van der Waals surface area contributed by atoms with E-state index in [9.17, 15) is 0 Å². The molecule has 0 spiro atoms. The van der Waals surface area contributed by atoms with Gasteiger partial charge in [0, 0.05) is 0 Å². The summed E-state index contributed by atoms with van der Waals surface area (Å²) in [6.07, 6.45) is 4.65. The average Bonchev–Trinajstić information content (AvgIpc) is 2.16. The molecular weight excluding hydrogens is 160 g/mol. The first kappa shape index (κ1) is 12.9. The fraction of sp³-hybridized carbons (Fsp3) is 1.00. The summed E-state index contributed by atoms with van der Waals surface area (Å²) in [6, 6.07) is 0. The summed E-state index contributed by atoms with van der Waals surface area (Å²) >= 11 is 0. The Hall–Kier alpha value is -0.0800. The summed E-state index contributed by atoms with van der Waals surface area (Å²) in [5.41, 5.74) is 6.32. The number of hydrogen-bond acceptors (Lipinski definition) is 2. The lowest BCUT2D eigenvalue weighted by Crippen LogP contribution is -2.55. The van der Waals surface area contributed by atoms with Crippen LogP contribution in [0.25, 0.3) is 0 Å². The minimum absolute atomic E-state index is 0.0560. The molecule has 0 aromatic heterocycles. The third-order valence-electron chi connectivity index (χ3n) is 2.97. The van der Waals surface area contributed by atoms with Crippen molar-refractivity contribution in [3.8, 4) is 0 Å². The van der Waals surface area contributed by atoms with Crippen molar-refractivity contribution in [2.24, 2.45) is 5.73 Å². The molecule has 80 valence electrons. The molecule has 0 saturated carbocycles. The van der Waals surface area contributed by atoms with Gasteiger partial charge in [0.05, 0.1) is 5.66 Å². The van der Waals surface area contributed by atoms with E-state index in [1.165, 1.54) is 12.8 Å². The van der Waals surface area contributed by atoms with Crippen molar-refractivity contribution in [1.82, 2.24) is 4.90 Å². The van der Waals surface area contributed by atoms with Crippen LogP contribution in [0.1, 0.15) is 53.4 Å². The lowest BCUT2D eigenvalue weighted by Gasteiger charge is -2.39. The van der Waals surface area contributed by atoms with Crippen LogP contribution in [0.15, 0.2) is 0 Å². The van der Waals surface area contributed by atoms with Gasteiger partial charge in [-0.2, -0.15) is 0 Å². The highest BCUT2D eigenvalue weighted by atomic mass is 15.3. The number of hydrogen-bond donors (Lipinski definition) is 1. The van der Waals surface area contributed by atoms with Crippen molar-refractivity contribution >= 4 is 0 Å². The fourth-order valence-corrected chi connectivity index (χ4v) is 1.89. The van der Waals surface area contributed by atoms with E-state index in [4.69, 9.17) is 5.73 Å². The fourth-order valence-electron chi connectivity index (χ4n) is 1.89. The molecule has 0 aliphatic rings. The maximum absolute atomic E-state index is 6.37. The van der Waals surface area contributed by atoms with Crippen LogP contribution in [0.2, 0.25) is 0 Å². The molecule has 0 heterocycles. The van der Waals surface area contributed by atoms with Gasteiger partial charge in [-0.05, 0) is 25.9 Å². The lowest BCUT2D eigenvalue weighted by atomic mass is 9.98. The normalized spacial score (nSPS) is 16.2. The summed E-state index contributed by atoms with van der Waals surface area (Å²) in [6.45, 7) is 10.9. The minimum atomic E-state index is -0.0560. The highest BCUT2D eigenvalue weighted by Gasteiger charge is 2.27. The molecule has 0 rings (SSSR count). The molecule has 1 unspecified atom stereocenters. The maximum atomic E-state index is 6.37. The first-order valence-electron chi connectivity index (χ1n) is 5.68. The van der Waals surface area contributed by atoms with E-state index in [1.807, 2.05) is 0 Å². The smallest absolute Gasteiger partial charge is 0.0684 e. The zero-order valence-corrected chi connectivity index (χ0v) is 9.77. The molecule has 1 atom stereocenters. The Balaban J connectivity index is 4.21. The quantitative estimate of drug-likeness (QED) is 0.619. The van der Waals surface area contributed by atoms with Gasteiger partial charge < -0.3 is 5.73 Å². The van der Waals surface area contributed by atoms with Gasteiger partial charge in [0.1, 0.15) is 0 Å². The van der Waals surface area contributed by atoms with E-state index < -0.39 is 0 Å². The second kappa shape index (κ2) is 6.39. The van der Waals surface area contributed by atoms with Crippen molar-refractivity contribution in [3.05, 3.63) is 0 Å². The van der Waals surface area contributed by atoms with E-state index in [-0.39, 0.29) is 5.66 Å². The molecule has 0 aromatic rings. The summed E-state index contributed by atoms with van der Waals surface area (Å²) in [7, 11) is 0. The molecule has 0 aliphatic carbocycles. The Morgan fingerprint density at radius 1 is 1.08 bits per heavy atom. The Morgan fingerprint density at radius 2 is 1.62 bits per heavy atom. The number of nitrogens with zero attached hydrogens (tertiary/aromatic N) is 1. The molecule has 13 heavy (non-hydrogen) atoms. The SMILES string of the molecule is CCCCC(N)(CC)N(CC)CC. The van der Waals surface area contributed by atoms with E-state index >= 15 is 0 Å². The molecule has 2 N–H and O–H groups in total. The van der Waals surface area contributed by atoms with E-state index in [0.29, 0.717) is 0 Å². The summed E-state index contributed by atoms with van der Waals surface area (Å²) in [5, 5.41) is 0. The highest BCUT2D eigenvalue weighted by Crippen LogP contribution is 2.20. The van der Waals surface area contributed by atoms with Crippen LogP contribution in [-0.2, 0) is 0 Å². The van der Waals surface area contributed by atoms with Crippen LogP contribution in [0, 0.1) is 0 Å². The van der Waals surface area contributed by atoms with Crippen LogP contribution in [0.3, 0.4) is 0 Å². The van der Waals surface area contributed by atoms with Gasteiger partial charge in [0.2, 0.25) is 0 Å². The van der Waals surface area contributed by atoms with Gasteiger partial charge >= 0.3 is 0 Å². The zero-order valence-electron chi connectivity index (χ0n) is 9.77. The Bertz CT molecular complexity index is 121. The third-order valence-corrected chi connectivity index (χ3v) is 2.97. The van der Waals surface area contributed by atoms with Crippen LogP contribution < -0.4 is 5.73 Å². The van der Waals surface area contributed by atoms with Crippen molar-refractivity contribution < 1.29 is 0 Å².